The number of thiazole rings is 1. The quantitative estimate of drug-likeness (QED) is 0.0861. The predicted octanol–water partition coefficient (Wildman–Crippen LogP) is 3.78. The van der Waals surface area contributed by atoms with E-state index in [0.717, 1.165) is 16.0 Å². The summed E-state index contributed by atoms with van der Waals surface area (Å²) in [6.07, 6.45) is 6.73. The predicted molar refractivity (Wildman–Crippen MR) is 187 cm³/mol. The molecule has 5 heterocycles. The normalized spacial score (nSPS) is 15.8. The molecule has 2 fully saturated rings. The lowest BCUT2D eigenvalue weighted by atomic mass is 10.3. The molecule has 0 spiro atoms. The summed E-state index contributed by atoms with van der Waals surface area (Å²) in [5.74, 6) is 1.22. The van der Waals surface area contributed by atoms with E-state index in [0.29, 0.717) is 53.3 Å². The van der Waals surface area contributed by atoms with Crippen LogP contribution in [0, 0.1) is 31.7 Å². The zero-order valence-electron chi connectivity index (χ0n) is 26.9. The lowest BCUT2D eigenvalue weighted by Gasteiger charge is -2.34. The molecule has 0 saturated carbocycles. The first-order valence-electron chi connectivity index (χ1n) is 14.3. The van der Waals surface area contributed by atoms with E-state index in [4.69, 9.17) is 44.8 Å². The highest BCUT2D eigenvalue weighted by atomic mass is 35.5. The number of hydrogen-bond donors (Lipinski definition) is 1. The summed E-state index contributed by atoms with van der Waals surface area (Å²) in [5.41, 5.74) is 1.95. The maximum atomic E-state index is 10.5. The van der Waals surface area contributed by atoms with Crippen LogP contribution in [0.15, 0.2) is 58.1 Å². The highest BCUT2D eigenvalue weighted by Crippen LogP contribution is 2.21. The van der Waals surface area contributed by atoms with Crippen molar-refractivity contribution in [1.82, 2.24) is 39.9 Å². The molecule has 1 N–H and O–H groups in total. The van der Waals surface area contributed by atoms with Gasteiger partial charge in [0.15, 0.2) is 14.5 Å². The second kappa shape index (κ2) is 19.9. The smallest absolute Gasteiger partial charge is 0.277 e. The number of aliphatic imine (C=N–C) groups is 1. The topological polar surface area (TPSA) is 220 Å². The number of amidine groups is 1. The van der Waals surface area contributed by atoms with E-state index in [1.165, 1.54) is 11.3 Å². The summed E-state index contributed by atoms with van der Waals surface area (Å²) in [5, 5.41) is 38.2. The molecule has 23 heteroatoms. The fourth-order valence-corrected chi connectivity index (χ4v) is 5.35. The Kier molecular flexibility index (Phi) is 15.7. The molecule has 266 valence electrons. The van der Waals surface area contributed by atoms with E-state index in [2.05, 4.69) is 35.5 Å². The Hall–Kier alpha value is -4.94. The SMILES string of the molecule is CC(=NC#N)N(C)Cc1ccc(Cl)nc1.CN1COCN(Cc2cnc(Cl)s2)/C1=N/[N+](=O)[O-].O=[N+]([O-])/N=C1\NCCN1Cc1ccc(Cl)nc1. The van der Waals surface area contributed by atoms with Crippen LogP contribution in [0.2, 0.25) is 14.8 Å². The number of hydrazone groups is 2. The number of ether oxygens (including phenoxy) is 1. The number of nitro groups is 2. The maximum Gasteiger partial charge on any atom is 0.277 e. The van der Waals surface area contributed by atoms with Gasteiger partial charge in [-0.05, 0) is 30.2 Å². The summed E-state index contributed by atoms with van der Waals surface area (Å²) < 4.78 is 5.72. The molecule has 0 unspecified atom stereocenters. The van der Waals surface area contributed by atoms with Gasteiger partial charge in [0.25, 0.3) is 11.9 Å². The van der Waals surface area contributed by atoms with Crippen LogP contribution >= 0.6 is 46.1 Å². The number of rotatable bonds is 8. The van der Waals surface area contributed by atoms with Crippen LogP contribution < -0.4 is 5.32 Å². The monoisotopic (exact) mass is 768 g/mol. The number of hydrogen-bond acceptors (Lipinski definition) is 11. The minimum Gasteiger partial charge on any atom is -0.358 e. The first-order chi connectivity index (χ1) is 23.8. The highest BCUT2D eigenvalue weighted by molar-refractivity contribution is 7.15. The Balaban J connectivity index is 0.000000204. The molecule has 50 heavy (non-hydrogen) atoms. The third-order valence-electron chi connectivity index (χ3n) is 6.47. The Labute approximate surface area is 305 Å². The van der Waals surface area contributed by atoms with Crippen molar-refractivity contribution in [3.63, 3.8) is 0 Å². The summed E-state index contributed by atoms with van der Waals surface area (Å²) >= 11 is 18.4. The Morgan fingerprint density at radius 2 is 1.68 bits per heavy atom. The molecule has 0 amide bonds. The number of nitriles is 1. The second-order valence-corrected chi connectivity index (χ2v) is 12.7. The number of halogens is 3. The molecule has 2 saturated heterocycles. The van der Waals surface area contributed by atoms with Gasteiger partial charge < -0.3 is 29.7 Å². The molecule has 0 aromatic carbocycles. The number of guanidine groups is 2. The van der Waals surface area contributed by atoms with Gasteiger partial charge in [-0.3, -0.25) is 0 Å². The molecule has 3 aromatic heterocycles. The lowest BCUT2D eigenvalue weighted by Crippen LogP contribution is -2.49. The van der Waals surface area contributed by atoms with Crippen molar-refractivity contribution in [1.29, 1.82) is 5.26 Å². The maximum absolute atomic E-state index is 10.5. The van der Waals surface area contributed by atoms with Crippen LogP contribution in [0.4, 0.5) is 0 Å². The Morgan fingerprint density at radius 3 is 2.24 bits per heavy atom. The van der Waals surface area contributed by atoms with Crippen LogP contribution in [0.5, 0.6) is 0 Å². The summed E-state index contributed by atoms with van der Waals surface area (Å²) in [6.45, 7) is 5.21. The van der Waals surface area contributed by atoms with Crippen LogP contribution in [-0.4, -0.2) is 103 Å². The van der Waals surface area contributed by atoms with Gasteiger partial charge in [0.05, 0.1) is 6.54 Å². The Morgan fingerprint density at radius 1 is 1.02 bits per heavy atom. The average Bonchev–Trinajstić information content (AvgIpc) is 3.68. The minimum absolute atomic E-state index is 0.243. The van der Waals surface area contributed by atoms with E-state index >= 15 is 0 Å². The fourth-order valence-electron chi connectivity index (χ4n) is 4.14. The van der Waals surface area contributed by atoms with Gasteiger partial charge >= 0.3 is 0 Å². The largest absolute Gasteiger partial charge is 0.358 e. The van der Waals surface area contributed by atoms with Gasteiger partial charge in [-0.25, -0.2) is 35.2 Å². The third kappa shape index (κ3) is 13.5. The zero-order valence-corrected chi connectivity index (χ0v) is 30.0. The molecular formula is C27H31Cl3N14O5S. The van der Waals surface area contributed by atoms with Gasteiger partial charge in [-0.15, -0.1) is 11.3 Å². The van der Waals surface area contributed by atoms with Crippen molar-refractivity contribution in [3.8, 4) is 6.19 Å². The first-order valence-corrected chi connectivity index (χ1v) is 16.2. The first kappa shape index (κ1) is 39.5. The molecule has 2 aliphatic heterocycles. The molecule has 0 radical (unpaired) electrons. The number of nitrogens with one attached hydrogen (secondary N) is 1. The molecule has 2 aliphatic rings. The van der Waals surface area contributed by atoms with E-state index in [-0.39, 0.29) is 25.4 Å². The lowest BCUT2D eigenvalue weighted by molar-refractivity contribution is -0.486. The highest BCUT2D eigenvalue weighted by Gasteiger charge is 2.25. The van der Waals surface area contributed by atoms with Gasteiger partial charge in [-0.2, -0.15) is 10.3 Å². The third-order valence-corrected chi connectivity index (χ3v) is 8.02. The summed E-state index contributed by atoms with van der Waals surface area (Å²) in [6, 6.07) is 7.15. The van der Waals surface area contributed by atoms with E-state index in [1.54, 1.807) is 65.6 Å². The van der Waals surface area contributed by atoms with Crippen LogP contribution in [0.25, 0.3) is 0 Å². The molecule has 5 rings (SSSR count). The Bertz CT molecular complexity index is 1720. The van der Waals surface area contributed by atoms with E-state index in [9.17, 15) is 20.2 Å². The second-order valence-electron chi connectivity index (χ2n) is 10.2. The summed E-state index contributed by atoms with van der Waals surface area (Å²) in [7, 11) is 3.54. The minimum atomic E-state index is -0.718. The summed E-state index contributed by atoms with van der Waals surface area (Å²) in [4.78, 5) is 44.1. The molecule has 0 atom stereocenters. The van der Waals surface area contributed by atoms with Crippen molar-refractivity contribution in [2.24, 2.45) is 15.2 Å². The van der Waals surface area contributed by atoms with Crippen LogP contribution in [0.1, 0.15) is 22.9 Å². The average molecular weight is 770 g/mol. The molecule has 0 bridgehead atoms. The number of aromatic nitrogens is 3. The number of nitrogens with zero attached hydrogens (tertiary/aromatic N) is 13. The van der Waals surface area contributed by atoms with Gasteiger partial charge in [-0.1, -0.05) is 46.9 Å². The van der Waals surface area contributed by atoms with Crippen molar-refractivity contribution >= 4 is 63.9 Å². The van der Waals surface area contributed by atoms with E-state index in [1.807, 2.05) is 24.1 Å². The standard InChI is InChI=1S/C10H11ClN4.C9H10ClN5O2.C8H10ClN5O3S/c1-8(14-7-12)15(2)6-9-3-4-10(11)13-5-9;10-8-2-1-7(5-12-8)6-14-4-3-11-9(14)13-15(16)17;1-12-4-17-5-13(8(12)11-14(15)16)3-6-2-10-7(9)18-6/h3-5H,6H2,1-2H3;1-2,5H,3-4,6H2,(H,11,13);2H,3-5H2,1H3/b;;11-8+. The molecule has 0 aliphatic carbocycles. The van der Waals surface area contributed by atoms with Crippen LogP contribution in [-0.2, 0) is 24.4 Å². The van der Waals surface area contributed by atoms with Gasteiger partial charge in [0, 0.05) is 63.7 Å². The number of pyridine rings is 2. The van der Waals surface area contributed by atoms with Gasteiger partial charge in [0.1, 0.15) is 39.8 Å². The van der Waals surface area contributed by atoms with Crippen LogP contribution in [0.3, 0.4) is 0 Å². The van der Waals surface area contributed by atoms with Crippen molar-refractivity contribution < 1.29 is 14.8 Å². The zero-order chi connectivity index (χ0) is 36.6. The fraction of sp³-hybridized carbons (Fsp3) is 0.370. The molecular weight excluding hydrogens is 739 g/mol. The van der Waals surface area contributed by atoms with Crippen molar-refractivity contribution in [2.75, 3.05) is 40.6 Å². The van der Waals surface area contributed by atoms with Crippen molar-refractivity contribution in [2.45, 2.75) is 26.6 Å². The molecule has 3 aromatic rings. The van der Waals surface area contributed by atoms with Gasteiger partial charge in [0.2, 0.25) is 6.19 Å². The van der Waals surface area contributed by atoms with Crippen molar-refractivity contribution in [3.05, 3.63) is 93.9 Å². The molecule has 19 nitrogen and oxygen atoms in total. The van der Waals surface area contributed by atoms with E-state index < -0.39 is 10.1 Å².